The van der Waals surface area contributed by atoms with Crippen LogP contribution in [0.2, 0.25) is 0 Å². The highest BCUT2D eigenvalue weighted by molar-refractivity contribution is 5.94. The molecule has 0 aliphatic carbocycles. The number of halogens is 2. The van der Waals surface area contributed by atoms with E-state index in [1.54, 1.807) is 0 Å². The lowest BCUT2D eigenvalue weighted by molar-refractivity contribution is -0.138. The van der Waals surface area contributed by atoms with E-state index in [-0.39, 0.29) is 23.8 Å². The van der Waals surface area contributed by atoms with E-state index in [0.717, 1.165) is 18.6 Å². The van der Waals surface area contributed by atoms with Gasteiger partial charge in [0.15, 0.2) is 11.6 Å². The average Bonchev–Trinajstić information content (AvgIpc) is 2.40. The Hall–Kier alpha value is -1.98. The molecule has 20 heavy (non-hydrogen) atoms. The van der Waals surface area contributed by atoms with E-state index in [1.165, 1.54) is 11.0 Å². The number of hydrogen-bond acceptors (Lipinski definition) is 2. The summed E-state index contributed by atoms with van der Waals surface area (Å²) in [4.78, 5) is 24.4. The molecular weight excluding hydrogens is 268 g/mol. The molecule has 6 heteroatoms. The summed E-state index contributed by atoms with van der Waals surface area (Å²) in [7, 11) is 0. The lowest BCUT2D eigenvalue weighted by Crippen LogP contribution is -2.40. The first-order valence-corrected chi connectivity index (χ1v) is 6.43. The topological polar surface area (TPSA) is 57.6 Å². The average molecular weight is 283 g/mol. The molecule has 1 aromatic carbocycles. The Labute approximate surface area is 115 Å². The zero-order valence-corrected chi connectivity index (χ0v) is 10.8. The Morgan fingerprint density at radius 1 is 1.30 bits per heavy atom. The Morgan fingerprint density at radius 2 is 2.05 bits per heavy atom. The molecule has 0 aromatic heterocycles. The monoisotopic (exact) mass is 283 g/mol. The largest absolute Gasteiger partial charge is 0.481 e. The first-order chi connectivity index (χ1) is 9.47. The molecule has 1 unspecified atom stereocenters. The predicted octanol–water partition coefficient (Wildman–Crippen LogP) is 2.29. The summed E-state index contributed by atoms with van der Waals surface area (Å²) in [6, 6.07) is 3.03. The number of nitrogens with zero attached hydrogens (tertiary/aromatic N) is 1. The predicted molar refractivity (Wildman–Crippen MR) is 67.2 cm³/mol. The molecule has 1 aliphatic heterocycles. The van der Waals surface area contributed by atoms with Crippen molar-refractivity contribution in [2.24, 2.45) is 5.92 Å². The number of aliphatic carboxylic acids is 1. The summed E-state index contributed by atoms with van der Waals surface area (Å²) in [6.45, 7) is 0.845. The fourth-order valence-corrected chi connectivity index (χ4v) is 2.47. The van der Waals surface area contributed by atoms with E-state index in [1.807, 2.05) is 0 Å². The molecule has 1 aromatic rings. The van der Waals surface area contributed by atoms with E-state index in [0.29, 0.717) is 19.5 Å². The minimum Gasteiger partial charge on any atom is -0.481 e. The Balaban J connectivity index is 2.08. The summed E-state index contributed by atoms with van der Waals surface area (Å²) >= 11 is 0. The number of likely N-dealkylation sites (tertiary alicyclic amines) is 1. The molecule has 1 atom stereocenters. The molecule has 1 amide bonds. The third kappa shape index (κ3) is 3.31. The number of carboxylic acid groups (broad SMARTS) is 1. The maximum absolute atomic E-state index is 13.1. The van der Waals surface area contributed by atoms with Crippen molar-refractivity contribution in [3.8, 4) is 0 Å². The number of piperidine rings is 1. The van der Waals surface area contributed by atoms with Crippen LogP contribution in [-0.2, 0) is 4.79 Å². The fraction of sp³-hybridized carbons (Fsp3) is 0.429. The number of benzene rings is 1. The lowest BCUT2D eigenvalue weighted by Gasteiger charge is -2.32. The van der Waals surface area contributed by atoms with Gasteiger partial charge < -0.3 is 10.0 Å². The van der Waals surface area contributed by atoms with Gasteiger partial charge in [0.2, 0.25) is 0 Å². The van der Waals surface area contributed by atoms with Gasteiger partial charge in [-0.2, -0.15) is 0 Å². The van der Waals surface area contributed by atoms with Gasteiger partial charge in [0.05, 0.1) is 0 Å². The molecule has 2 rings (SSSR count). The molecule has 108 valence electrons. The van der Waals surface area contributed by atoms with Gasteiger partial charge in [-0.1, -0.05) is 0 Å². The van der Waals surface area contributed by atoms with E-state index in [9.17, 15) is 18.4 Å². The van der Waals surface area contributed by atoms with Gasteiger partial charge in [-0.3, -0.25) is 9.59 Å². The summed E-state index contributed by atoms with van der Waals surface area (Å²) in [5, 5.41) is 8.78. The summed E-state index contributed by atoms with van der Waals surface area (Å²) < 4.78 is 26.0. The van der Waals surface area contributed by atoms with Crippen molar-refractivity contribution in [2.45, 2.75) is 19.3 Å². The van der Waals surface area contributed by atoms with Crippen molar-refractivity contribution in [1.29, 1.82) is 0 Å². The Morgan fingerprint density at radius 3 is 2.70 bits per heavy atom. The molecule has 1 aliphatic rings. The standard InChI is InChI=1S/C14H15F2NO3/c15-11-4-3-10(7-12(11)16)14(20)17-5-1-2-9(8-17)6-13(18)19/h3-4,7,9H,1-2,5-6,8H2,(H,18,19). The quantitative estimate of drug-likeness (QED) is 0.926. The lowest BCUT2D eigenvalue weighted by atomic mass is 9.94. The normalized spacial score (nSPS) is 18.9. The first-order valence-electron chi connectivity index (χ1n) is 6.43. The Bertz CT molecular complexity index is 533. The van der Waals surface area contributed by atoms with Crippen LogP contribution in [0.5, 0.6) is 0 Å². The van der Waals surface area contributed by atoms with Crippen LogP contribution in [0.4, 0.5) is 8.78 Å². The van der Waals surface area contributed by atoms with Crippen molar-refractivity contribution >= 4 is 11.9 Å². The van der Waals surface area contributed by atoms with Crippen LogP contribution in [0, 0.1) is 17.6 Å². The zero-order chi connectivity index (χ0) is 14.7. The number of amides is 1. The number of carbonyl (C=O) groups excluding carboxylic acids is 1. The molecular formula is C14H15F2NO3. The maximum Gasteiger partial charge on any atom is 0.303 e. The fourth-order valence-electron chi connectivity index (χ4n) is 2.47. The van der Waals surface area contributed by atoms with E-state index in [4.69, 9.17) is 5.11 Å². The van der Waals surface area contributed by atoms with Crippen molar-refractivity contribution < 1.29 is 23.5 Å². The van der Waals surface area contributed by atoms with Gasteiger partial charge in [0.25, 0.3) is 5.91 Å². The second-order valence-corrected chi connectivity index (χ2v) is 4.99. The minimum atomic E-state index is -1.06. The molecule has 0 saturated carbocycles. The molecule has 1 fully saturated rings. The Kier molecular flexibility index (Phi) is 4.32. The number of hydrogen-bond donors (Lipinski definition) is 1. The molecule has 0 spiro atoms. The third-order valence-corrected chi connectivity index (χ3v) is 3.44. The second kappa shape index (κ2) is 5.98. The highest BCUT2D eigenvalue weighted by Crippen LogP contribution is 2.21. The molecule has 0 radical (unpaired) electrons. The van der Waals surface area contributed by atoms with Crippen molar-refractivity contribution in [3.05, 3.63) is 35.4 Å². The summed E-state index contributed by atoms with van der Waals surface area (Å²) in [5.41, 5.74) is 0.0832. The molecule has 1 N–H and O–H groups in total. The number of carbonyl (C=O) groups is 2. The van der Waals surface area contributed by atoms with Gasteiger partial charge >= 0.3 is 5.97 Å². The van der Waals surface area contributed by atoms with Crippen LogP contribution >= 0.6 is 0 Å². The van der Waals surface area contributed by atoms with Gasteiger partial charge in [0, 0.05) is 25.1 Å². The molecule has 4 nitrogen and oxygen atoms in total. The summed E-state index contributed by atoms with van der Waals surface area (Å²) in [6.07, 6.45) is 1.49. The maximum atomic E-state index is 13.1. The number of rotatable bonds is 3. The van der Waals surface area contributed by atoms with E-state index < -0.39 is 17.6 Å². The highest BCUT2D eigenvalue weighted by Gasteiger charge is 2.26. The molecule has 1 heterocycles. The minimum absolute atomic E-state index is 0.0154. The SMILES string of the molecule is O=C(O)CC1CCCN(C(=O)c2ccc(F)c(F)c2)C1. The highest BCUT2D eigenvalue weighted by atomic mass is 19.2. The van der Waals surface area contributed by atoms with Crippen LogP contribution < -0.4 is 0 Å². The van der Waals surface area contributed by atoms with Crippen molar-refractivity contribution in [2.75, 3.05) is 13.1 Å². The van der Waals surface area contributed by atoms with Gasteiger partial charge in [-0.15, -0.1) is 0 Å². The molecule has 1 saturated heterocycles. The number of carboxylic acids is 1. The van der Waals surface area contributed by atoms with Gasteiger partial charge in [-0.25, -0.2) is 8.78 Å². The third-order valence-electron chi connectivity index (χ3n) is 3.44. The smallest absolute Gasteiger partial charge is 0.303 e. The van der Waals surface area contributed by atoms with Crippen LogP contribution in [0.15, 0.2) is 18.2 Å². The van der Waals surface area contributed by atoms with Crippen molar-refractivity contribution in [1.82, 2.24) is 4.90 Å². The summed E-state index contributed by atoms with van der Waals surface area (Å²) in [5.74, 6) is -3.43. The van der Waals surface area contributed by atoms with Gasteiger partial charge in [0.1, 0.15) is 0 Å². The van der Waals surface area contributed by atoms with Crippen LogP contribution in [0.25, 0.3) is 0 Å². The van der Waals surface area contributed by atoms with Crippen LogP contribution in [0.3, 0.4) is 0 Å². The van der Waals surface area contributed by atoms with Gasteiger partial charge in [-0.05, 0) is 37.0 Å². The van der Waals surface area contributed by atoms with Crippen LogP contribution in [-0.4, -0.2) is 35.0 Å². The molecule has 0 bridgehead atoms. The van der Waals surface area contributed by atoms with E-state index >= 15 is 0 Å². The van der Waals surface area contributed by atoms with E-state index in [2.05, 4.69) is 0 Å². The zero-order valence-electron chi connectivity index (χ0n) is 10.8. The van der Waals surface area contributed by atoms with Crippen LogP contribution in [0.1, 0.15) is 29.6 Å². The first kappa shape index (κ1) is 14.4. The van der Waals surface area contributed by atoms with Crippen molar-refractivity contribution in [3.63, 3.8) is 0 Å². The second-order valence-electron chi connectivity index (χ2n) is 4.99.